The average molecular weight is 359 g/mol. The van der Waals surface area contributed by atoms with Crippen LogP contribution in [0.25, 0.3) is 0 Å². The molecule has 1 N–H and O–H groups in total. The molecule has 1 heterocycles. The number of likely N-dealkylation sites (N-methyl/N-ethyl adjacent to an activating group) is 1. The molecule has 0 fully saturated rings. The highest BCUT2D eigenvalue weighted by Gasteiger charge is 2.30. The van der Waals surface area contributed by atoms with Crippen LogP contribution in [0.4, 0.5) is 0 Å². The number of nitrogens with one attached hydrogen (secondary N) is 1. The van der Waals surface area contributed by atoms with Gasteiger partial charge in [-0.15, -0.1) is 4.40 Å². The van der Waals surface area contributed by atoms with E-state index in [1.54, 1.807) is 25.2 Å². The summed E-state index contributed by atoms with van der Waals surface area (Å²) in [5.74, 6) is -0.156. The lowest BCUT2D eigenvalue weighted by molar-refractivity contribution is -0.134. The number of benzene rings is 2. The van der Waals surface area contributed by atoms with E-state index in [-0.39, 0.29) is 23.9 Å². The second kappa shape index (κ2) is 7.04. The van der Waals surface area contributed by atoms with Gasteiger partial charge in [-0.1, -0.05) is 42.5 Å². The molecule has 0 radical (unpaired) electrons. The van der Waals surface area contributed by atoms with Gasteiger partial charge in [0.1, 0.15) is 11.4 Å². The summed E-state index contributed by atoms with van der Waals surface area (Å²) in [6.45, 7) is 0.159. The third-order valence-electron chi connectivity index (χ3n) is 3.62. The third kappa shape index (κ3) is 3.86. The van der Waals surface area contributed by atoms with Crippen LogP contribution in [0.15, 0.2) is 63.9 Å². The minimum absolute atomic E-state index is 0.0858. The molecular formula is C17H17N3O4S. The second-order valence-corrected chi connectivity index (χ2v) is 7.11. The maximum Gasteiger partial charge on any atom is 0.285 e. The maximum atomic E-state index is 12.0. The number of fused-ring (bicyclic) bond motifs is 1. The second-order valence-electron chi connectivity index (χ2n) is 5.54. The van der Waals surface area contributed by atoms with Gasteiger partial charge in [-0.2, -0.15) is 8.42 Å². The van der Waals surface area contributed by atoms with Gasteiger partial charge in [0.05, 0.1) is 6.61 Å². The lowest BCUT2D eigenvalue weighted by Crippen LogP contribution is -2.38. The summed E-state index contributed by atoms with van der Waals surface area (Å²) in [5.41, 5.74) is 3.76. The number of sulfonamides is 1. The Morgan fingerprint density at radius 3 is 2.56 bits per heavy atom. The van der Waals surface area contributed by atoms with Crippen LogP contribution in [0.5, 0.6) is 0 Å². The Balaban J connectivity index is 1.59. The third-order valence-corrected chi connectivity index (χ3v) is 4.95. The molecular weight excluding hydrogens is 342 g/mol. The quantitative estimate of drug-likeness (QED) is 0.814. The SMILES string of the molecule is CN(CC(=O)NOCc1ccccc1)C1=NS(=O)(=O)c2ccccc21. The van der Waals surface area contributed by atoms with Gasteiger partial charge in [0.2, 0.25) is 0 Å². The number of amides is 1. The van der Waals surface area contributed by atoms with Crippen molar-refractivity contribution in [3.63, 3.8) is 0 Å². The summed E-state index contributed by atoms with van der Waals surface area (Å²) in [7, 11) is -2.10. The van der Waals surface area contributed by atoms with E-state index in [0.717, 1.165) is 5.56 Å². The van der Waals surface area contributed by atoms with Crippen molar-refractivity contribution < 1.29 is 18.0 Å². The summed E-state index contributed by atoms with van der Waals surface area (Å²) in [6.07, 6.45) is 0. The van der Waals surface area contributed by atoms with Crippen molar-refractivity contribution in [1.29, 1.82) is 0 Å². The number of hydrogen-bond donors (Lipinski definition) is 1. The van der Waals surface area contributed by atoms with Crippen molar-refractivity contribution >= 4 is 21.8 Å². The van der Waals surface area contributed by atoms with Crippen molar-refractivity contribution in [2.45, 2.75) is 11.5 Å². The Kier molecular flexibility index (Phi) is 4.82. The van der Waals surface area contributed by atoms with Gasteiger partial charge in [0.25, 0.3) is 15.9 Å². The van der Waals surface area contributed by atoms with Crippen LogP contribution < -0.4 is 5.48 Å². The summed E-state index contributed by atoms with van der Waals surface area (Å²) >= 11 is 0. The predicted octanol–water partition coefficient (Wildman–Crippen LogP) is 1.32. The molecule has 0 unspecified atom stereocenters. The van der Waals surface area contributed by atoms with Crippen LogP contribution in [0, 0.1) is 0 Å². The molecule has 1 aliphatic heterocycles. The van der Waals surface area contributed by atoms with E-state index in [4.69, 9.17) is 4.84 Å². The maximum absolute atomic E-state index is 12.0. The predicted molar refractivity (Wildman–Crippen MR) is 92.2 cm³/mol. The zero-order valence-electron chi connectivity index (χ0n) is 13.5. The number of hydrogen-bond acceptors (Lipinski definition) is 5. The lowest BCUT2D eigenvalue weighted by atomic mass is 10.2. The highest BCUT2D eigenvalue weighted by atomic mass is 32.2. The summed E-state index contributed by atoms with van der Waals surface area (Å²) in [5, 5.41) is 0. The molecule has 0 spiro atoms. The van der Waals surface area contributed by atoms with Crippen molar-refractivity contribution in [3.8, 4) is 0 Å². The highest BCUT2D eigenvalue weighted by molar-refractivity contribution is 7.90. The van der Waals surface area contributed by atoms with Gasteiger partial charge in [-0.05, 0) is 17.7 Å². The van der Waals surface area contributed by atoms with E-state index < -0.39 is 15.9 Å². The fraction of sp³-hybridized carbons (Fsp3) is 0.176. The Morgan fingerprint density at radius 1 is 1.12 bits per heavy atom. The summed E-state index contributed by atoms with van der Waals surface area (Å²) in [6, 6.07) is 15.9. The van der Waals surface area contributed by atoms with Crippen LogP contribution in [0.2, 0.25) is 0 Å². The van der Waals surface area contributed by atoms with Crippen LogP contribution in [0.3, 0.4) is 0 Å². The smallest absolute Gasteiger partial charge is 0.285 e. The van der Waals surface area contributed by atoms with E-state index in [0.29, 0.717) is 5.56 Å². The van der Waals surface area contributed by atoms with Crippen LogP contribution in [0.1, 0.15) is 11.1 Å². The molecule has 0 saturated carbocycles. The van der Waals surface area contributed by atoms with E-state index in [1.165, 1.54) is 11.0 Å². The Bertz CT molecular complexity index is 911. The Morgan fingerprint density at radius 2 is 1.80 bits per heavy atom. The highest BCUT2D eigenvalue weighted by Crippen LogP contribution is 2.26. The summed E-state index contributed by atoms with van der Waals surface area (Å²) < 4.78 is 27.8. The lowest BCUT2D eigenvalue weighted by Gasteiger charge is -2.18. The van der Waals surface area contributed by atoms with Gasteiger partial charge in [-0.3, -0.25) is 9.63 Å². The van der Waals surface area contributed by atoms with Crippen LogP contribution in [-0.4, -0.2) is 38.7 Å². The monoisotopic (exact) mass is 359 g/mol. The number of carbonyl (C=O) groups is 1. The molecule has 2 aromatic carbocycles. The molecule has 3 rings (SSSR count). The minimum atomic E-state index is -3.71. The molecule has 25 heavy (non-hydrogen) atoms. The average Bonchev–Trinajstić information content (AvgIpc) is 2.88. The zero-order chi connectivity index (χ0) is 17.9. The molecule has 0 aromatic heterocycles. The molecule has 0 atom stereocenters. The van der Waals surface area contributed by atoms with Gasteiger partial charge in [-0.25, -0.2) is 5.48 Å². The molecule has 130 valence electrons. The first-order valence-corrected chi connectivity index (χ1v) is 9.01. The number of nitrogens with zero attached hydrogens (tertiary/aromatic N) is 2. The standard InChI is InChI=1S/C17H17N3O4S/c1-20(11-16(21)18-24-12-13-7-3-2-4-8-13)17-14-9-5-6-10-15(14)25(22,23)19-17/h2-10H,11-12H2,1H3,(H,18,21). The molecule has 8 heteroatoms. The molecule has 1 amide bonds. The van der Waals surface area contributed by atoms with E-state index in [2.05, 4.69) is 9.88 Å². The van der Waals surface area contributed by atoms with Crippen molar-refractivity contribution in [2.24, 2.45) is 4.40 Å². The number of hydroxylamine groups is 1. The van der Waals surface area contributed by atoms with Gasteiger partial charge in [0, 0.05) is 12.6 Å². The zero-order valence-corrected chi connectivity index (χ0v) is 14.4. The Hall–Kier alpha value is -2.71. The first-order chi connectivity index (χ1) is 12.0. The van der Waals surface area contributed by atoms with Crippen molar-refractivity contribution in [1.82, 2.24) is 10.4 Å². The molecule has 1 aliphatic rings. The first-order valence-electron chi connectivity index (χ1n) is 7.57. The van der Waals surface area contributed by atoms with Crippen LogP contribution in [-0.2, 0) is 26.3 Å². The fourth-order valence-corrected chi connectivity index (χ4v) is 3.71. The van der Waals surface area contributed by atoms with Crippen molar-refractivity contribution in [3.05, 3.63) is 65.7 Å². The molecule has 0 bridgehead atoms. The van der Waals surface area contributed by atoms with Crippen molar-refractivity contribution in [2.75, 3.05) is 13.6 Å². The van der Waals surface area contributed by atoms with E-state index in [9.17, 15) is 13.2 Å². The number of rotatable bonds is 5. The Labute approximate surface area is 146 Å². The largest absolute Gasteiger partial charge is 0.349 e. The van der Waals surface area contributed by atoms with E-state index >= 15 is 0 Å². The molecule has 7 nitrogen and oxygen atoms in total. The van der Waals surface area contributed by atoms with Gasteiger partial charge in [0.15, 0.2) is 5.84 Å². The minimum Gasteiger partial charge on any atom is -0.349 e. The van der Waals surface area contributed by atoms with Crippen LogP contribution >= 0.6 is 0 Å². The van der Waals surface area contributed by atoms with Gasteiger partial charge < -0.3 is 4.90 Å². The summed E-state index contributed by atoms with van der Waals surface area (Å²) in [4.78, 5) is 18.8. The normalized spacial score (nSPS) is 14.5. The molecule has 0 aliphatic carbocycles. The number of carbonyl (C=O) groups excluding carboxylic acids is 1. The molecule has 0 saturated heterocycles. The van der Waals surface area contributed by atoms with Gasteiger partial charge >= 0.3 is 0 Å². The topological polar surface area (TPSA) is 88.1 Å². The first kappa shape index (κ1) is 17.1. The molecule has 2 aromatic rings. The van der Waals surface area contributed by atoms with E-state index in [1.807, 2.05) is 30.3 Å². The number of amidine groups is 1. The fourth-order valence-electron chi connectivity index (χ4n) is 2.46.